The van der Waals surface area contributed by atoms with Crippen LogP contribution in [0.15, 0.2) is 0 Å². The molecule has 0 spiro atoms. The van der Waals surface area contributed by atoms with Crippen LogP contribution in [0.2, 0.25) is 5.15 Å². The fraction of sp³-hybridized carbons (Fsp3) is 0.700. The highest BCUT2D eigenvalue weighted by atomic mass is 35.5. The number of rotatable bonds is 0. The lowest BCUT2D eigenvalue weighted by molar-refractivity contribution is 0.570. The smallest absolute Gasteiger partial charge is 0.204 e. The van der Waals surface area contributed by atoms with Gasteiger partial charge in [-0.05, 0) is 6.42 Å². The molecule has 1 aliphatic heterocycles. The molecule has 1 aromatic rings. The molecule has 2 heterocycles. The van der Waals surface area contributed by atoms with Gasteiger partial charge in [-0.25, -0.2) is 4.98 Å². The van der Waals surface area contributed by atoms with E-state index in [1.807, 2.05) is 0 Å². The number of fused-ring (bicyclic) bond motifs is 1. The number of nitrogens with zero attached hydrogens (tertiary/aromatic N) is 2. The molecule has 0 unspecified atom stereocenters. The van der Waals surface area contributed by atoms with Gasteiger partial charge in [-0.2, -0.15) is 0 Å². The van der Waals surface area contributed by atoms with Crippen molar-refractivity contribution in [2.75, 3.05) is 11.9 Å². The third-order valence-electron chi connectivity index (χ3n) is 2.46. The summed E-state index contributed by atoms with van der Waals surface area (Å²) in [6.45, 7) is 8.37. The standard InChI is InChI=1S/C10H16ClN3/c1-10(2,3)7-8(11)14-6-4-5-12-9(14)13-7/h4-6H2,1-3H3,(H,12,13). The summed E-state index contributed by atoms with van der Waals surface area (Å²) in [6, 6.07) is 0. The molecule has 0 atom stereocenters. The zero-order chi connectivity index (χ0) is 10.3. The van der Waals surface area contributed by atoms with Crippen molar-refractivity contribution in [2.24, 2.45) is 0 Å². The van der Waals surface area contributed by atoms with E-state index >= 15 is 0 Å². The Kier molecular flexibility index (Phi) is 2.22. The highest BCUT2D eigenvalue weighted by Gasteiger charge is 2.26. The predicted octanol–water partition coefficient (Wildman–Crippen LogP) is 2.65. The minimum absolute atomic E-state index is 0.0170. The molecule has 0 saturated heterocycles. The van der Waals surface area contributed by atoms with E-state index < -0.39 is 0 Å². The number of aromatic nitrogens is 2. The summed E-state index contributed by atoms with van der Waals surface area (Å²) in [4.78, 5) is 4.54. The minimum atomic E-state index is 0.0170. The fourth-order valence-electron chi connectivity index (χ4n) is 1.69. The van der Waals surface area contributed by atoms with Gasteiger partial charge < -0.3 is 9.88 Å². The largest absolute Gasteiger partial charge is 0.356 e. The van der Waals surface area contributed by atoms with Crippen LogP contribution in [-0.2, 0) is 12.0 Å². The highest BCUT2D eigenvalue weighted by molar-refractivity contribution is 6.30. The summed E-state index contributed by atoms with van der Waals surface area (Å²) >= 11 is 6.29. The van der Waals surface area contributed by atoms with E-state index in [1.54, 1.807) is 0 Å². The summed E-state index contributed by atoms with van der Waals surface area (Å²) in [7, 11) is 0. The van der Waals surface area contributed by atoms with Crippen molar-refractivity contribution < 1.29 is 0 Å². The van der Waals surface area contributed by atoms with Gasteiger partial charge >= 0.3 is 0 Å². The predicted molar refractivity (Wildman–Crippen MR) is 59.0 cm³/mol. The molecule has 0 aliphatic carbocycles. The maximum atomic E-state index is 6.29. The Morgan fingerprint density at radius 3 is 2.71 bits per heavy atom. The van der Waals surface area contributed by atoms with E-state index in [-0.39, 0.29) is 5.41 Å². The van der Waals surface area contributed by atoms with E-state index in [1.165, 1.54) is 0 Å². The van der Waals surface area contributed by atoms with Crippen LogP contribution in [0, 0.1) is 0 Å². The monoisotopic (exact) mass is 213 g/mol. The number of imidazole rings is 1. The van der Waals surface area contributed by atoms with E-state index in [0.29, 0.717) is 0 Å². The number of nitrogens with one attached hydrogen (secondary N) is 1. The molecule has 0 fully saturated rings. The lowest BCUT2D eigenvalue weighted by Gasteiger charge is -2.16. The fourth-order valence-corrected chi connectivity index (χ4v) is 2.18. The maximum absolute atomic E-state index is 6.29. The zero-order valence-electron chi connectivity index (χ0n) is 8.89. The number of halogens is 1. The van der Waals surface area contributed by atoms with Crippen molar-refractivity contribution in [1.82, 2.24) is 9.55 Å². The Hall–Kier alpha value is -0.700. The number of anilines is 1. The highest BCUT2D eigenvalue weighted by Crippen LogP contribution is 2.32. The Bertz CT molecular complexity index is 349. The lowest BCUT2D eigenvalue weighted by atomic mass is 9.93. The number of hydrogen-bond donors (Lipinski definition) is 1. The summed E-state index contributed by atoms with van der Waals surface area (Å²) in [5.74, 6) is 0.922. The van der Waals surface area contributed by atoms with Gasteiger partial charge in [0.05, 0.1) is 5.69 Å². The van der Waals surface area contributed by atoms with Crippen molar-refractivity contribution in [3.8, 4) is 0 Å². The summed E-state index contributed by atoms with van der Waals surface area (Å²) in [5.41, 5.74) is 1.01. The molecular formula is C10H16ClN3. The van der Waals surface area contributed by atoms with Crippen molar-refractivity contribution in [3.63, 3.8) is 0 Å². The summed E-state index contributed by atoms with van der Waals surface area (Å²) in [5, 5.41) is 4.05. The molecule has 3 nitrogen and oxygen atoms in total. The summed E-state index contributed by atoms with van der Waals surface area (Å²) < 4.78 is 2.06. The van der Waals surface area contributed by atoms with Crippen molar-refractivity contribution in [1.29, 1.82) is 0 Å². The molecule has 0 radical (unpaired) electrons. The first-order valence-corrected chi connectivity index (χ1v) is 5.38. The van der Waals surface area contributed by atoms with Crippen LogP contribution >= 0.6 is 11.6 Å². The Morgan fingerprint density at radius 2 is 2.14 bits per heavy atom. The topological polar surface area (TPSA) is 29.9 Å². The van der Waals surface area contributed by atoms with Crippen molar-refractivity contribution in [3.05, 3.63) is 10.8 Å². The molecular weight excluding hydrogens is 198 g/mol. The SMILES string of the molecule is CC(C)(C)c1nc2n(c1Cl)CCCN2. The van der Waals surface area contributed by atoms with E-state index in [2.05, 4.69) is 35.6 Å². The molecule has 14 heavy (non-hydrogen) atoms. The van der Waals surface area contributed by atoms with Gasteiger partial charge in [-0.1, -0.05) is 32.4 Å². The quantitative estimate of drug-likeness (QED) is 0.718. The molecule has 2 rings (SSSR count). The van der Waals surface area contributed by atoms with Crippen LogP contribution < -0.4 is 5.32 Å². The van der Waals surface area contributed by atoms with Crippen molar-refractivity contribution >= 4 is 17.5 Å². The van der Waals surface area contributed by atoms with Crippen LogP contribution in [0.4, 0.5) is 5.95 Å². The first-order chi connectivity index (χ1) is 6.50. The molecule has 4 heteroatoms. The van der Waals surface area contributed by atoms with Gasteiger partial charge in [0, 0.05) is 18.5 Å². The third kappa shape index (κ3) is 1.50. The molecule has 0 bridgehead atoms. The van der Waals surface area contributed by atoms with Crippen LogP contribution in [0.25, 0.3) is 0 Å². The molecule has 1 aromatic heterocycles. The molecule has 0 aromatic carbocycles. The second-order valence-corrected chi connectivity index (χ2v) is 5.11. The maximum Gasteiger partial charge on any atom is 0.204 e. The van der Waals surface area contributed by atoms with E-state index in [4.69, 9.17) is 11.6 Å². The molecule has 78 valence electrons. The van der Waals surface area contributed by atoms with Gasteiger partial charge in [0.25, 0.3) is 0 Å². The van der Waals surface area contributed by atoms with Crippen LogP contribution in [-0.4, -0.2) is 16.1 Å². The molecule has 0 amide bonds. The van der Waals surface area contributed by atoms with Crippen molar-refractivity contribution in [2.45, 2.75) is 39.2 Å². The zero-order valence-corrected chi connectivity index (χ0v) is 9.65. The average Bonchev–Trinajstić information content (AvgIpc) is 2.44. The Labute approximate surface area is 89.5 Å². The second kappa shape index (κ2) is 3.16. The lowest BCUT2D eigenvalue weighted by Crippen LogP contribution is -2.17. The minimum Gasteiger partial charge on any atom is -0.356 e. The van der Waals surface area contributed by atoms with Gasteiger partial charge in [-0.15, -0.1) is 0 Å². The van der Waals surface area contributed by atoms with Crippen LogP contribution in [0.1, 0.15) is 32.9 Å². The van der Waals surface area contributed by atoms with Gasteiger partial charge in [-0.3, -0.25) is 0 Å². The van der Waals surface area contributed by atoms with Crippen LogP contribution in [0.3, 0.4) is 0 Å². The molecule has 1 N–H and O–H groups in total. The van der Waals surface area contributed by atoms with Gasteiger partial charge in [0.2, 0.25) is 5.95 Å². The van der Waals surface area contributed by atoms with E-state index in [0.717, 1.165) is 36.3 Å². The third-order valence-corrected chi connectivity index (χ3v) is 2.84. The number of hydrogen-bond acceptors (Lipinski definition) is 2. The van der Waals surface area contributed by atoms with Crippen LogP contribution in [0.5, 0.6) is 0 Å². The Morgan fingerprint density at radius 1 is 1.43 bits per heavy atom. The molecule has 1 aliphatic rings. The first-order valence-electron chi connectivity index (χ1n) is 5.00. The Balaban J connectivity index is 2.49. The average molecular weight is 214 g/mol. The second-order valence-electron chi connectivity index (χ2n) is 4.76. The van der Waals surface area contributed by atoms with Gasteiger partial charge in [0.15, 0.2) is 0 Å². The normalized spacial score (nSPS) is 16.3. The first kappa shape index (κ1) is 9.84. The summed E-state index contributed by atoms with van der Waals surface area (Å²) in [6.07, 6.45) is 1.12. The van der Waals surface area contributed by atoms with Gasteiger partial charge in [0.1, 0.15) is 5.15 Å². The van der Waals surface area contributed by atoms with E-state index in [9.17, 15) is 0 Å². The molecule has 0 saturated carbocycles.